The smallest absolute Gasteiger partial charge is 0.146 e. The molecule has 0 saturated heterocycles. The quantitative estimate of drug-likeness (QED) is 0.0411. The maximum atomic E-state index is 6.85. The number of hydrogen-bond donors (Lipinski definition) is 0. The summed E-state index contributed by atoms with van der Waals surface area (Å²) in [5.74, 6) is 0. The summed E-state index contributed by atoms with van der Waals surface area (Å²) >= 11 is 0. The predicted octanol–water partition coefficient (Wildman–Crippen LogP) is 8.65. The van der Waals surface area contributed by atoms with E-state index in [0.29, 0.717) is 19.8 Å². The van der Waals surface area contributed by atoms with Crippen molar-refractivity contribution < 1.29 is 28.4 Å². The topological polar surface area (TPSA) is 55.4 Å². The molecule has 0 radical (unpaired) electrons. The van der Waals surface area contributed by atoms with E-state index in [1.54, 1.807) is 21.3 Å². The molecule has 0 amide bonds. The van der Waals surface area contributed by atoms with Crippen molar-refractivity contribution in [2.45, 2.75) is 34.7 Å². The van der Waals surface area contributed by atoms with Gasteiger partial charge in [-0.15, -0.1) is 0 Å². The average molecular weight is 859 g/mol. The maximum absolute atomic E-state index is 6.85. The molecule has 0 spiro atoms. The third-order valence-corrected chi connectivity index (χ3v) is 20.3. The summed E-state index contributed by atoms with van der Waals surface area (Å²) in [7, 11) is 1.89. The highest BCUT2D eigenvalue weighted by molar-refractivity contribution is 7.76. The lowest BCUT2D eigenvalue weighted by Gasteiger charge is -2.62. The van der Waals surface area contributed by atoms with Gasteiger partial charge in [-0.05, 0) is 74.9 Å². The SMILES string of the molecule is COCOCC1(P(c2ccccc2)c2ccccc2)CC(COCOC)(P(c2ccccc2)c2ccccc2)CC(COCOC)(P(c2ccccc2)c2ccccc2)C1. The highest BCUT2D eigenvalue weighted by Gasteiger charge is 2.63. The summed E-state index contributed by atoms with van der Waals surface area (Å²) in [6, 6.07) is 66.9. The van der Waals surface area contributed by atoms with Crippen molar-refractivity contribution in [3.05, 3.63) is 182 Å². The first-order valence-corrected chi connectivity index (χ1v) is 24.5. The molecule has 1 aliphatic rings. The van der Waals surface area contributed by atoms with Crippen LogP contribution in [-0.2, 0) is 28.4 Å². The van der Waals surface area contributed by atoms with E-state index in [1.807, 2.05) is 0 Å². The lowest BCUT2D eigenvalue weighted by atomic mass is 9.73. The van der Waals surface area contributed by atoms with Crippen LogP contribution in [0.15, 0.2) is 182 Å². The van der Waals surface area contributed by atoms with Gasteiger partial charge in [-0.1, -0.05) is 182 Å². The summed E-state index contributed by atoms with van der Waals surface area (Å²) < 4.78 is 37.7. The second-order valence-corrected chi connectivity index (χ2v) is 23.4. The molecule has 0 unspecified atom stereocenters. The summed E-state index contributed by atoms with van der Waals surface area (Å²) in [6.45, 7) is 2.00. The minimum Gasteiger partial charge on any atom is -0.359 e. The van der Waals surface area contributed by atoms with Gasteiger partial charge in [-0.25, -0.2) is 0 Å². The zero-order valence-electron chi connectivity index (χ0n) is 35.0. The summed E-state index contributed by atoms with van der Waals surface area (Å²) in [4.78, 5) is 0. The minimum absolute atomic E-state index is 0.188. The molecule has 0 bridgehead atoms. The Labute approximate surface area is 360 Å². The Kier molecular flexibility index (Phi) is 16.2. The van der Waals surface area contributed by atoms with E-state index in [1.165, 1.54) is 31.8 Å². The fourth-order valence-corrected chi connectivity index (χ4v) is 20.3. The van der Waals surface area contributed by atoms with E-state index in [4.69, 9.17) is 28.4 Å². The zero-order valence-corrected chi connectivity index (χ0v) is 37.7. The third-order valence-electron chi connectivity index (χ3n) is 11.2. The summed E-state index contributed by atoms with van der Waals surface area (Å²) in [5.41, 5.74) is 0. The molecule has 6 aromatic carbocycles. The van der Waals surface area contributed by atoms with Crippen molar-refractivity contribution in [2.24, 2.45) is 0 Å². The van der Waals surface area contributed by atoms with Gasteiger partial charge in [-0.2, -0.15) is 0 Å². The normalized spacial score (nSPS) is 20.5. The highest BCUT2D eigenvalue weighted by atomic mass is 31.1. The molecule has 1 aliphatic carbocycles. The molecule has 9 heteroatoms. The average Bonchev–Trinajstić information content (AvgIpc) is 3.29. The van der Waals surface area contributed by atoms with Crippen molar-refractivity contribution in [3.63, 3.8) is 0 Å². The van der Waals surface area contributed by atoms with Crippen molar-refractivity contribution in [2.75, 3.05) is 61.5 Å². The standard InChI is InChI=1S/C51H57O6P3/c1-52-40-55-37-49(58(43-22-10-4-11-23-43)44-24-12-5-13-25-44)34-50(38-56-41-53-2,59(45-26-14-6-15-27-45)46-28-16-7-17-29-46)36-51(35-49,39-57-42-54-3)60(47-30-18-8-19-31-47)48-32-20-9-21-33-48/h4-33H,34-42H2,1-3H3. The van der Waals surface area contributed by atoms with Crippen LogP contribution in [0, 0.1) is 0 Å². The molecule has 0 aromatic heterocycles. The Bertz CT molecular complexity index is 1740. The minimum atomic E-state index is -1.08. The van der Waals surface area contributed by atoms with Crippen LogP contribution in [0.4, 0.5) is 0 Å². The van der Waals surface area contributed by atoms with Crippen molar-refractivity contribution in [3.8, 4) is 0 Å². The Morgan fingerprint density at radius 3 is 0.667 bits per heavy atom. The number of rotatable bonds is 21. The van der Waals surface area contributed by atoms with Crippen LogP contribution in [-0.4, -0.2) is 77.0 Å². The Balaban J connectivity index is 1.62. The number of benzene rings is 6. The first-order valence-electron chi connectivity index (χ1n) is 20.5. The van der Waals surface area contributed by atoms with Crippen LogP contribution in [0.5, 0.6) is 0 Å². The van der Waals surface area contributed by atoms with Crippen LogP contribution in [0.2, 0.25) is 0 Å². The second kappa shape index (κ2) is 21.9. The molecule has 0 atom stereocenters. The van der Waals surface area contributed by atoms with E-state index in [0.717, 1.165) is 19.3 Å². The van der Waals surface area contributed by atoms with Crippen LogP contribution in [0.25, 0.3) is 0 Å². The molecule has 6 nitrogen and oxygen atoms in total. The van der Waals surface area contributed by atoms with Crippen LogP contribution >= 0.6 is 23.8 Å². The fraction of sp³-hybridized carbons (Fsp3) is 0.294. The second-order valence-electron chi connectivity index (χ2n) is 15.5. The summed E-state index contributed by atoms with van der Waals surface area (Å²) in [6.07, 6.45) is 2.49. The highest BCUT2D eigenvalue weighted by Crippen LogP contribution is 2.72. The molecule has 0 heterocycles. The van der Waals surface area contributed by atoms with E-state index < -0.39 is 39.2 Å². The van der Waals surface area contributed by atoms with Crippen molar-refractivity contribution in [1.82, 2.24) is 0 Å². The Morgan fingerprint density at radius 1 is 0.317 bits per heavy atom. The Morgan fingerprint density at radius 2 is 0.500 bits per heavy atom. The first kappa shape index (κ1) is 44.4. The van der Waals surface area contributed by atoms with Gasteiger partial charge < -0.3 is 28.4 Å². The van der Waals surface area contributed by atoms with Crippen molar-refractivity contribution >= 4 is 55.6 Å². The van der Waals surface area contributed by atoms with E-state index in [9.17, 15) is 0 Å². The van der Waals surface area contributed by atoms with Gasteiger partial charge in [0.15, 0.2) is 0 Å². The molecular formula is C51H57O6P3. The Hall–Kier alpha value is -3.63. The van der Waals surface area contributed by atoms with Gasteiger partial charge in [0.05, 0.1) is 19.8 Å². The fourth-order valence-electron chi connectivity index (χ4n) is 9.50. The molecule has 1 fully saturated rings. The molecule has 7 rings (SSSR count). The molecule has 6 aromatic rings. The van der Waals surface area contributed by atoms with E-state index in [2.05, 4.69) is 182 Å². The van der Waals surface area contributed by atoms with E-state index >= 15 is 0 Å². The van der Waals surface area contributed by atoms with Crippen LogP contribution < -0.4 is 31.8 Å². The largest absolute Gasteiger partial charge is 0.359 e. The van der Waals surface area contributed by atoms with Gasteiger partial charge in [0.2, 0.25) is 0 Å². The van der Waals surface area contributed by atoms with Crippen LogP contribution in [0.3, 0.4) is 0 Å². The third kappa shape index (κ3) is 10.3. The number of hydrogen-bond acceptors (Lipinski definition) is 6. The lowest BCUT2D eigenvalue weighted by Crippen LogP contribution is -2.62. The molecule has 0 N–H and O–H groups in total. The summed E-state index contributed by atoms with van der Waals surface area (Å²) in [5, 5.41) is 6.53. The molecule has 312 valence electrons. The van der Waals surface area contributed by atoms with Gasteiger partial charge in [-0.3, -0.25) is 0 Å². The van der Waals surface area contributed by atoms with Gasteiger partial charge in [0.1, 0.15) is 20.4 Å². The first-order chi connectivity index (χ1) is 29.6. The van der Waals surface area contributed by atoms with Crippen molar-refractivity contribution in [1.29, 1.82) is 0 Å². The van der Waals surface area contributed by atoms with Crippen LogP contribution in [0.1, 0.15) is 19.3 Å². The maximum Gasteiger partial charge on any atom is 0.146 e. The lowest BCUT2D eigenvalue weighted by molar-refractivity contribution is -0.0707. The van der Waals surface area contributed by atoms with E-state index in [-0.39, 0.29) is 20.4 Å². The molecular weight excluding hydrogens is 801 g/mol. The zero-order chi connectivity index (χ0) is 41.5. The number of ether oxygens (including phenoxy) is 6. The molecule has 60 heavy (non-hydrogen) atoms. The van der Waals surface area contributed by atoms with Gasteiger partial charge in [0.25, 0.3) is 0 Å². The predicted molar refractivity (Wildman–Crippen MR) is 253 cm³/mol. The van der Waals surface area contributed by atoms with Gasteiger partial charge in [0, 0.05) is 36.8 Å². The monoisotopic (exact) mass is 858 g/mol. The molecule has 0 aliphatic heterocycles. The number of methoxy groups -OCH3 is 3. The van der Waals surface area contributed by atoms with Gasteiger partial charge >= 0.3 is 0 Å². The molecule has 1 saturated carbocycles.